The number of carbonyl (C=O) groups excluding carboxylic acids is 1. The lowest BCUT2D eigenvalue weighted by Crippen LogP contribution is -2.46. The molecule has 0 unspecified atom stereocenters. The molecule has 27 heavy (non-hydrogen) atoms. The van der Waals surface area contributed by atoms with Crippen LogP contribution >= 0.6 is 0 Å². The number of halogens is 4. The van der Waals surface area contributed by atoms with Gasteiger partial charge < -0.3 is 15.6 Å². The third-order valence-electron chi connectivity index (χ3n) is 3.49. The number of pyridine rings is 1. The maximum atomic E-state index is 14.1. The molecule has 2 aromatic heterocycles. The summed E-state index contributed by atoms with van der Waals surface area (Å²) in [6.07, 6.45) is -2.37. The Kier molecular flexibility index (Phi) is 6.13. The SMILES string of the molecule is CC(C)[C@@H](Nc1nc(-c2ccc(=O)[nH]c2)ncc1F)C(=O)NCC(F)(F)F.[HH].[HH]. The van der Waals surface area contributed by atoms with Crippen LogP contribution in [0.5, 0.6) is 0 Å². The lowest BCUT2D eigenvalue weighted by Gasteiger charge is -2.23. The summed E-state index contributed by atoms with van der Waals surface area (Å²) >= 11 is 0. The Balaban J connectivity index is 0.00000392. The van der Waals surface area contributed by atoms with Gasteiger partial charge in [0, 0.05) is 20.7 Å². The van der Waals surface area contributed by atoms with E-state index in [2.05, 4.69) is 20.3 Å². The number of nitrogens with zero attached hydrogens (tertiary/aromatic N) is 2. The lowest BCUT2D eigenvalue weighted by molar-refractivity contribution is -0.139. The quantitative estimate of drug-likeness (QED) is 0.658. The largest absolute Gasteiger partial charge is 0.405 e. The molecule has 1 atom stereocenters. The molecule has 2 aromatic rings. The minimum Gasteiger partial charge on any atom is -0.356 e. The Hall–Kier alpha value is -2.98. The van der Waals surface area contributed by atoms with Gasteiger partial charge in [-0.25, -0.2) is 14.4 Å². The summed E-state index contributed by atoms with van der Waals surface area (Å²) in [5, 5.41) is 4.29. The van der Waals surface area contributed by atoms with Crippen LogP contribution in [0.25, 0.3) is 11.4 Å². The van der Waals surface area contributed by atoms with Crippen molar-refractivity contribution in [3.8, 4) is 11.4 Å². The zero-order chi connectivity index (χ0) is 20.2. The van der Waals surface area contributed by atoms with Gasteiger partial charge in [0.1, 0.15) is 12.6 Å². The fraction of sp³-hybridized carbons (Fsp3) is 0.375. The number of carbonyl (C=O) groups is 1. The number of H-pyrrole nitrogens is 1. The minimum absolute atomic E-state index is 0. The molecule has 2 heterocycles. The van der Waals surface area contributed by atoms with Crippen LogP contribution in [0.2, 0.25) is 0 Å². The zero-order valence-corrected chi connectivity index (χ0v) is 14.4. The normalized spacial score (nSPS) is 12.7. The second-order valence-electron chi connectivity index (χ2n) is 6.03. The van der Waals surface area contributed by atoms with Gasteiger partial charge >= 0.3 is 6.18 Å². The van der Waals surface area contributed by atoms with E-state index in [1.54, 1.807) is 19.2 Å². The first-order chi connectivity index (χ1) is 12.6. The summed E-state index contributed by atoms with van der Waals surface area (Å²) in [6, 6.07) is 1.50. The first-order valence-corrected chi connectivity index (χ1v) is 7.89. The maximum absolute atomic E-state index is 14.1. The summed E-state index contributed by atoms with van der Waals surface area (Å²) in [5.41, 5.74) is 0.0423. The average Bonchev–Trinajstić information content (AvgIpc) is 2.59. The van der Waals surface area contributed by atoms with E-state index in [0.717, 1.165) is 6.20 Å². The van der Waals surface area contributed by atoms with Gasteiger partial charge in [-0.05, 0) is 12.0 Å². The molecule has 0 saturated carbocycles. The van der Waals surface area contributed by atoms with Crippen molar-refractivity contribution < 1.29 is 25.2 Å². The average molecular weight is 391 g/mol. The number of hydrogen-bond donors (Lipinski definition) is 3. The lowest BCUT2D eigenvalue weighted by atomic mass is 10.0. The van der Waals surface area contributed by atoms with Gasteiger partial charge in [-0.15, -0.1) is 0 Å². The van der Waals surface area contributed by atoms with Gasteiger partial charge in [-0.3, -0.25) is 9.59 Å². The molecule has 7 nitrogen and oxygen atoms in total. The van der Waals surface area contributed by atoms with E-state index in [0.29, 0.717) is 5.56 Å². The monoisotopic (exact) mass is 391 g/mol. The van der Waals surface area contributed by atoms with Gasteiger partial charge in [0.25, 0.3) is 0 Å². The van der Waals surface area contributed by atoms with Gasteiger partial charge in [0.15, 0.2) is 17.5 Å². The maximum Gasteiger partial charge on any atom is 0.405 e. The van der Waals surface area contributed by atoms with Gasteiger partial charge in [0.2, 0.25) is 11.5 Å². The van der Waals surface area contributed by atoms with Crippen molar-refractivity contribution in [1.82, 2.24) is 20.3 Å². The molecule has 0 spiro atoms. The van der Waals surface area contributed by atoms with Crippen molar-refractivity contribution in [2.24, 2.45) is 5.92 Å². The van der Waals surface area contributed by atoms with E-state index in [1.165, 1.54) is 18.3 Å². The fourth-order valence-corrected chi connectivity index (χ4v) is 2.14. The van der Waals surface area contributed by atoms with Crippen molar-refractivity contribution in [2.45, 2.75) is 26.1 Å². The third kappa shape index (κ3) is 5.76. The van der Waals surface area contributed by atoms with Crippen LogP contribution in [0.4, 0.5) is 23.4 Å². The first-order valence-electron chi connectivity index (χ1n) is 7.89. The predicted octanol–water partition coefficient (Wildman–Crippen LogP) is 2.58. The molecule has 0 radical (unpaired) electrons. The smallest absolute Gasteiger partial charge is 0.356 e. The van der Waals surface area contributed by atoms with Gasteiger partial charge in [0.05, 0.1) is 6.20 Å². The molecule has 0 saturated heterocycles. The van der Waals surface area contributed by atoms with E-state index in [-0.39, 0.29) is 20.1 Å². The highest BCUT2D eigenvalue weighted by Gasteiger charge is 2.31. The molecule has 0 aliphatic carbocycles. The van der Waals surface area contributed by atoms with Crippen LogP contribution in [0, 0.1) is 11.7 Å². The Morgan fingerprint density at radius 2 is 2.04 bits per heavy atom. The second kappa shape index (κ2) is 8.14. The topological polar surface area (TPSA) is 99.8 Å². The summed E-state index contributed by atoms with van der Waals surface area (Å²) in [7, 11) is 0. The van der Waals surface area contributed by atoms with E-state index < -0.39 is 36.4 Å². The highest BCUT2D eigenvalue weighted by molar-refractivity contribution is 5.84. The molecule has 0 bridgehead atoms. The first kappa shape index (κ1) is 20.3. The third-order valence-corrected chi connectivity index (χ3v) is 3.49. The molecule has 150 valence electrons. The van der Waals surface area contributed by atoms with E-state index >= 15 is 0 Å². The molecule has 0 fully saturated rings. The molecule has 0 aliphatic rings. The number of hydrogen-bond acceptors (Lipinski definition) is 5. The molecule has 0 aliphatic heterocycles. The Labute approximate surface area is 154 Å². The predicted molar refractivity (Wildman–Crippen MR) is 93.6 cm³/mol. The molecule has 0 aromatic carbocycles. The number of amides is 1. The van der Waals surface area contributed by atoms with E-state index in [1.807, 2.05) is 0 Å². The van der Waals surface area contributed by atoms with Crippen LogP contribution < -0.4 is 16.2 Å². The van der Waals surface area contributed by atoms with Crippen molar-refractivity contribution >= 4 is 11.7 Å². The highest BCUT2D eigenvalue weighted by atomic mass is 19.4. The van der Waals surface area contributed by atoms with Crippen LogP contribution in [0.3, 0.4) is 0 Å². The number of nitrogens with one attached hydrogen (secondary N) is 3. The van der Waals surface area contributed by atoms with Gasteiger partial charge in [-0.2, -0.15) is 13.2 Å². The van der Waals surface area contributed by atoms with Crippen molar-refractivity contribution in [3.63, 3.8) is 0 Å². The summed E-state index contributed by atoms with van der Waals surface area (Å²) in [4.78, 5) is 33.4. The summed E-state index contributed by atoms with van der Waals surface area (Å²) in [5.74, 6) is -2.55. The Bertz CT molecular complexity index is 857. The van der Waals surface area contributed by atoms with Crippen molar-refractivity contribution in [2.75, 3.05) is 11.9 Å². The number of rotatable bonds is 6. The van der Waals surface area contributed by atoms with Crippen molar-refractivity contribution in [3.05, 3.63) is 40.7 Å². The van der Waals surface area contributed by atoms with Crippen LogP contribution in [0.15, 0.2) is 29.3 Å². The second-order valence-corrected chi connectivity index (χ2v) is 6.03. The molecule has 1 amide bonds. The molecular formula is C16H21F4N5O2. The van der Waals surface area contributed by atoms with Crippen LogP contribution in [0.1, 0.15) is 16.7 Å². The Morgan fingerprint density at radius 3 is 2.59 bits per heavy atom. The number of anilines is 1. The number of aromatic amines is 1. The number of alkyl halides is 3. The summed E-state index contributed by atoms with van der Waals surface area (Å²) < 4.78 is 51.0. The van der Waals surface area contributed by atoms with Gasteiger partial charge in [-0.1, -0.05) is 13.8 Å². The molecule has 11 heteroatoms. The van der Waals surface area contributed by atoms with E-state index in [4.69, 9.17) is 0 Å². The van der Waals surface area contributed by atoms with Crippen LogP contribution in [-0.4, -0.2) is 39.6 Å². The van der Waals surface area contributed by atoms with E-state index in [9.17, 15) is 27.2 Å². The minimum atomic E-state index is -4.56. The molecule has 2 rings (SSSR count). The zero-order valence-electron chi connectivity index (χ0n) is 14.4. The summed E-state index contributed by atoms with van der Waals surface area (Å²) in [6.45, 7) is 1.69. The van der Waals surface area contributed by atoms with Crippen molar-refractivity contribution in [1.29, 1.82) is 0 Å². The fourth-order valence-electron chi connectivity index (χ4n) is 2.14. The standard InChI is InChI=1S/C16H17F4N5O2.2H2/c1-8(2)12(15(27)23-7-16(18,19)20)24-14-10(17)6-22-13(25-14)9-3-4-11(26)21-5-9;;/h3-6,8,12H,7H2,1-2H3,(H,21,26)(H,23,27)(H,22,24,25);2*1H/t12-;;/m1../s1. The molecule has 3 N–H and O–H groups in total. The molecular weight excluding hydrogens is 370 g/mol. The Morgan fingerprint density at radius 1 is 1.33 bits per heavy atom. The highest BCUT2D eigenvalue weighted by Crippen LogP contribution is 2.20. The van der Waals surface area contributed by atoms with Crippen LogP contribution in [-0.2, 0) is 4.79 Å². The number of aromatic nitrogens is 3.